The molecule has 1 saturated heterocycles. The molecule has 2 aromatic rings. The first-order valence-corrected chi connectivity index (χ1v) is 7.73. The predicted octanol–water partition coefficient (Wildman–Crippen LogP) is 2.72. The number of aromatic amines is 1. The fourth-order valence-electron chi connectivity index (χ4n) is 2.97. The van der Waals surface area contributed by atoms with Crippen LogP contribution in [0.2, 0.25) is 0 Å². The maximum Gasteiger partial charge on any atom is 0.155 e. The minimum atomic E-state index is 0.799. The van der Waals surface area contributed by atoms with E-state index < -0.39 is 0 Å². The molecule has 1 fully saturated rings. The number of hydrogen-bond donors (Lipinski definition) is 2. The van der Waals surface area contributed by atoms with Crippen LogP contribution in [0, 0.1) is 5.92 Å². The number of H-pyrrole nitrogens is 1. The summed E-state index contributed by atoms with van der Waals surface area (Å²) < 4.78 is 5.90. The first kappa shape index (κ1) is 14.2. The van der Waals surface area contributed by atoms with Crippen molar-refractivity contribution in [2.45, 2.75) is 19.3 Å². The average Bonchev–Trinajstić information content (AvgIpc) is 2.91. The van der Waals surface area contributed by atoms with E-state index in [0.717, 1.165) is 41.4 Å². The number of piperidine rings is 1. The topological polar surface area (TPSA) is 53.2 Å². The van der Waals surface area contributed by atoms with Gasteiger partial charge in [-0.3, -0.25) is 5.10 Å². The molecule has 1 aromatic heterocycles. The van der Waals surface area contributed by atoms with E-state index in [4.69, 9.17) is 4.74 Å². The summed E-state index contributed by atoms with van der Waals surface area (Å²) in [5, 5.41) is 11.4. The Kier molecular flexibility index (Phi) is 4.29. The third kappa shape index (κ3) is 3.29. The van der Waals surface area contributed by atoms with Gasteiger partial charge >= 0.3 is 0 Å². The van der Waals surface area contributed by atoms with E-state index >= 15 is 0 Å². The van der Waals surface area contributed by atoms with Crippen molar-refractivity contribution >= 4 is 16.7 Å². The van der Waals surface area contributed by atoms with Crippen LogP contribution in [0.1, 0.15) is 19.3 Å². The first-order valence-electron chi connectivity index (χ1n) is 7.73. The number of aromatic nitrogens is 2. The van der Waals surface area contributed by atoms with Crippen molar-refractivity contribution < 1.29 is 4.74 Å². The largest absolute Gasteiger partial charge is 0.494 e. The van der Waals surface area contributed by atoms with E-state index in [1.807, 2.05) is 19.2 Å². The Hall–Kier alpha value is -1.75. The van der Waals surface area contributed by atoms with Gasteiger partial charge in [0.05, 0.1) is 12.1 Å². The lowest BCUT2D eigenvalue weighted by Gasteiger charge is -2.28. The standard InChI is InChI=1S/C16H24N4O/c1-17-16-14-4-3-13(11-15(14)18-19-16)21-10-7-12-5-8-20(2)9-6-12/h3-4,11-12H,5-10H2,1-2H3,(H2,17,18,19). The molecule has 0 amide bonds. The Morgan fingerprint density at radius 2 is 2.19 bits per heavy atom. The van der Waals surface area contributed by atoms with Crippen LogP contribution in [-0.4, -0.2) is 48.9 Å². The number of likely N-dealkylation sites (tertiary alicyclic amines) is 1. The number of ether oxygens (including phenoxy) is 1. The highest BCUT2D eigenvalue weighted by Gasteiger charge is 2.16. The molecular formula is C16H24N4O. The van der Waals surface area contributed by atoms with Crippen LogP contribution in [0.15, 0.2) is 18.2 Å². The summed E-state index contributed by atoms with van der Waals surface area (Å²) in [4.78, 5) is 2.41. The maximum absolute atomic E-state index is 5.90. The fraction of sp³-hybridized carbons (Fsp3) is 0.562. The molecule has 114 valence electrons. The van der Waals surface area contributed by atoms with E-state index in [0.29, 0.717) is 0 Å². The number of benzene rings is 1. The molecule has 1 aliphatic heterocycles. The summed E-state index contributed by atoms with van der Waals surface area (Å²) >= 11 is 0. The maximum atomic E-state index is 5.90. The molecule has 0 spiro atoms. The molecule has 0 radical (unpaired) electrons. The van der Waals surface area contributed by atoms with Crippen LogP contribution in [0.25, 0.3) is 10.9 Å². The lowest BCUT2D eigenvalue weighted by atomic mass is 9.94. The summed E-state index contributed by atoms with van der Waals surface area (Å²) in [6.45, 7) is 3.24. The second-order valence-electron chi connectivity index (χ2n) is 5.91. The van der Waals surface area contributed by atoms with Gasteiger partial charge in [0.15, 0.2) is 5.82 Å². The highest BCUT2D eigenvalue weighted by molar-refractivity contribution is 5.90. The zero-order valence-corrected chi connectivity index (χ0v) is 12.9. The molecule has 2 heterocycles. The minimum absolute atomic E-state index is 0.799. The number of rotatable bonds is 5. The monoisotopic (exact) mass is 288 g/mol. The Balaban J connectivity index is 1.53. The smallest absolute Gasteiger partial charge is 0.155 e. The summed E-state index contributed by atoms with van der Waals surface area (Å²) in [7, 11) is 4.08. The van der Waals surface area contributed by atoms with Crippen LogP contribution in [0.3, 0.4) is 0 Å². The van der Waals surface area contributed by atoms with Crippen molar-refractivity contribution in [2.24, 2.45) is 5.92 Å². The molecule has 0 bridgehead atoms. The van der Waals surface area contributed by atoms with Gasteiger partial charge in [0, 0.05) is 18.5 Å². The molecule has 0 saturated carbocycles. The van der Waals surface area contributed by atoms with E-state index in [-0.39, 0.29) is 0 Å². The van der Waals surface area contributed by atoms with E-state index in [9.17, 15) is 0 Å². The van der Waals surface area contributed by atoms with Gasteiger partial charge in [0.1, 0.15) is 5.75 Å². The zero-order valence-electron chi connectivity index (χ0n) is 12.9. The lowest BCUT2D eigenvalue weighted by Crippen LogP contribution is -2.30. The number of nitrogens with zero attached hydrogens (tertiary/aromatic N) is 2. The van der Waals surface area contributed by atoms with Crippen molar-refractivity contribution in [1.29, 1.82) is 0 Å². The van der Waals surface area contributed by atoms with Crippen LogP contribution >= 0.6 is 0 Å². The van der Waals surface area contributed by atoms with E-state index in [2.05, 4.69) is 33.5 Å². The quantitative estimate of drug-likeness (QED) is 0.888. The third-order valence-electron chi connectivity index (χ3n) is 4.40. The molecule has 1 aliphatic rings. The van der Waals surface area contributed by atoms with E-state index in [1.165, 1.54) is 25.9 Å². The van der Waals surface area contributed by atoms with Gasteiger partial charge in [-0.25, -0.2) is 0 Å². The Bertz CT molecular complexity index is 587. The van der Waals surface area contributed by atoms with Crippen molar-refractivity contribution in [1.82, 2.24) is 15.1 Å². The zero-order chi connectivity index (χ0) is 14.7. The van der Waals surface area contributed by atoms with Crippen molar-refractivity contribution in [2.75, 3.05) is 39.1 Å². The van der Waals surface area contributed by atoms with Gasteiger partial charge in [-0.05, 0) is 57.5 Å². The number of nitrogens with one attached hydrogen (secondary N) is 2. The highest BCUT2D eigenvalue weighted by atomic mass is 16.5. The number of fused-ring (bicyclic) bond motifs is 1. The first-order chi connectivity index (χ1) is 10.3. The number of hydrogen-bond acceptors (Lipinski definition) is 4. The molecule has 2 N–H and O–H groups in total. The van der Waals surface area contributed by atoms with Crippen molar-refractivity contribution in [3.8, 4) is 5.75 Å². The minimum Gasteiger partial charge on any atom is -0.494 e. The summed E-state index contributed by atoms with van der Waals surface area (Å²) in [5.41, 5.74) is 1.01. The van der Waals surface area contributed by atoms with Gasteiger partial charge < -0.3 is 15.0 Å². The van der Waals surface area contributed by atoms with Gasteiger partial charge in [0.2, 0.25) is 0 Å². The summed E-state index contributed by atoms with van der Waals surface area (Å²) in [5.74, 6) is 2.61. The predicted molar refractivity (Wildman–Crippen MR) is 86.0 cm³/mol. The molecule has 1 aromatic carbocycles. The van der Waals surface area contributed by atoms with Gasteiger partial charge in [-0.1, -0.05) is 0 Å². The van der Waals surface area contributed by atoms with E-state index in [1.54, 1.807) is 0 Å². The number of anilines is 1. The van der Waals surface area contributed by atoms with Gasteiger partial charge in [-0.2, -0.15) is 5.10 Å². The Labute approximate surface area is 125 Å². The fourth-order valence-corrected chi connectivity index (χ4v) is 2.97. The molecule has 0 atom stereocenters. The highest BCUT2D eigenvalue weighted by Crippen LogP contribution is 2.25. The SMILES string of the molecule is CNc1n[nH]c2cc(OCCC3CCN(C)CC3)ccc12. The van der Waals surface area contributed by atoms with Crippen LogP contribution < -0.4 is 10.1 Å². The van der Waals surface area contributed by atoms with Crippen LogP contribution in [-0.2, 0) is 0 Å². The Morgan fingerprint density at radius 3 is 2.95 bits per heavy atom. The normalized spacial score (nSPS) is 17.2. The second kappa shape index (κ2) is 6.35. The van der Waals surface area contributed by atoms with Gasteiger partial charge in [0.25, 0.3) is 0 Å². The van der Waals surface area contributed by atoms with Crippen molar-refractivity contribution in [3.63, 3.8) is 0 Å². The lowest BCUT2D eigenvalue weighted by molar-refractivity contribution is 0.187. The van der Waals surface area contributed by atoms with Crippen LogP contribution in [0.4, 0.5) is 5.82 Å². The molecule has 3 rings (SSSR count). The molecule has 5 nitrogen and oxygen atoms in total. The molecule has 5 heteroatoms. The van der Waals surface area contributed by atoms with Crippen LogP contribution in [0.5, 0.6) is 5.75 Å². The summed E-state index contributed by atoms with van der Waals surface area (Å²) in [6.07, 6.45) is 3.74. The average molecular weight is 288 g/mol. The molecule has 0 aliphatic carbocycles. The third-order valence-corrected chi connectivity index (χ3v) is 4.40. The van der Waals surface area contributed by atoms with Gasteiger partial charge in [-0.15, -0.1) is 0 Å². The molecule has 0 unspecified atom stereocenters. The summed E-state index contributed by atoms with van der Waals surface area (Å²) in [6, 6.07) is 6.10. The molecular weight excluding hydrogens is 264 g/mol. The Morgan fingerprint density at radius 1 is 1.38 bits per heavy atom. The molecule has 21 heavy (non-hydrogen) atoms. The second-order valence-corrected chi connectivity index (χ2v) is 5.91. The van der Waals surface area contributed by atoms with Crippen molar-refractivity contribution in [3.05, 3.63) is 18.2 Å².